The summed E-state index contributed by atoms with van der Waals surface area (Å²) in [7, 11) is 3.82. The maximum absolute atomic E-state index is 12.7. The molecular formula is C19H24N2O5. The average Bonchev–Trinajstić information content (AvgIpc) is 2.65. The van der Waals surface area contributed by atoms with E-state index in [4.69, 9.17) is 9.47 Å². The Morgan fingerprint density at radius 2 is 1.38 bits per heavy atom. The van der Waals surface area contributed by atoms with Gasteiger partial charge < -0.3 is 19.3 Å². The van der Waals surface area contributed by atoms with Gasteiger partial charge in [0.1, 0.15) is 13.2 Å². The highest BCUT2D eigenvalue weighted by Crippen LogP contribution is 2.14. The molecule has 0 N–H and O–H groups in total. The molecular weight excluding hydrogens is 336 g/mol. The Balaban J connectivity index is 2.77. The zero-order valence-electron chi connectivity index (χ0n) is 15.1. The molecule has 1 aromatic carbocycles. The zero-order valence-corrected chi connectivity index (χ0v) is 15.1. The molecule has 1 amide bonds. The van der Waals surface area contributed by atoms with Crippen LogP contribution < -0.4 is 4.90 Å². The quantitative estimate of drug-likeness (QED) is 0.466. The molecule has 26 heavy (non-hydrogen) atoms. The zero-order chi connectivity index (χ0) is 19.5. The minimum absolute atomic E-state index is 0.0157. The van der Waals surface area contributed by atoms with Crippen molar-refractivity contribution >= 4 is 23.5 Å². The highest BCUT2D eigenvalue weighted by atomic mass is 16.5. The molecule has 0 spiro atoms. The first-order chi connectivity index (χ1) is 12.4. The first-order valence-electron chi connectivity index (χ1n) is 8.04. The molecule has 0 saturated carbocycles. The van der Waals surface area contributed by atoms with Crippen LogP contribution in [0.5, 0.6) is 0 Å². The Kier molecular flexibility index (Phi) is 8.63. The Morgan fingerprint density at radius 1 is 0.923 bits per heavy atom. The maximum atomic E-state index is 12.7. The summed E-state index contributed by atoms with van der Waals surface area (Å²) in [6.45, 7) is 7.00. The summed E-state index contributed by atoms with van der Waals surface area (Å²) in [6, 6.07) is 7.11. The predicted molar refractivity (Wildman–Crippen MR) is 99.0 cm³/mol. The number of ether oxygens (including phenoxy) is 2. The molecule has 0 heterocycles. The van der Waals surface area contributed by atoms with E-state index >= 15 is 0 Å². The molecule has 0 saturated heterocycles. The summed E-state index contributed by atoms with van der Waals surface area (Å²) >= 11 is 0. The van der Waals surface area contributed by atoms with Crippen LogP contribution in [0.4, 0.5) is 5.69 Å². The van der Waals surface area contributed by atoms with Crippen molar-refractivity contribution in [1.29, 1.82) is 0 Å². The first kappa shape index (κ1) is 21.0. The third kappa shape index (κ3) is 6.80. The molecule has 0 aliphatic rings. The van der Waals surface area contributed by atoms with Crippen LogP contribution in [0, 0.1) is 0 Å². The smallest absolute Gasteiger partial charge is 0.330 e. The van der Waals surface area contributed by atoms with Crippen LogP contribution in [0.25, 0.3) is 0 Å². The van der Waals surface area contributed by atoms with E-state index in [-0.39, 0.29) is 32.2 Å². The Bertz CT molecular complexity index is 626. The summed E-state index contributed by atoms with van der Waals surface area (Å²) in [6.07, 6.45) is 2.11. The number of hydrogen-bond donors (Lipinski definition) is 0. The molecule has 7 nitrogen and oxygen atoms in total. The van der Waals surface area contributed by atoms with Gasteiger partial charge in [0, 0.05) is 37.5 Å². The number of carbonyl (C=O) groups excluding carboxylic acids is 3. The monoisotopic (exact) mass is 360 g/mol. The van der Waals surface area contributed by atoms with Crippen LogP contribution in [0.1, 0.15) is 10.4 Å². The van der Waals surface area contributed by atoms with Gasteiger partial charge in [-0.05, 0) is 24.3 Å². The minimum Gasteiger partial charge on any atom is -0.461 e. The van der Waals surface area contributed by atoms with Gasteiger partial charge in [0.25, 0.3) is 5.91 Å². The van der Waals surface area contributed by atoms with Crippen molar-refractivity contribution in [2.45, 2.75) is 0 Å². The van der Waals surface area contributed by atoms with Gasteiger partial charge in [0.15, 0.2) is 0 Å². The number of carbonyl (C=O) groups is 3. The van der Waals surface area contributed by atoms with E-state index in [1.54, 1.807) is 12.1 Å². The van der Waals surface area contributed by atoms with Gasteiger partial charge >= 0.3 is 11.9 Å². The molecule has 0 aliphatic heterocycles. The number of nitrogens with zero attached hydrogens (tertiary/aromatic N) is 2. The summed E-state index contributed by atoms with van der Waals surface area (Å²) in [5, 5.41) is 0. The molecule has 0 bridgehead atoms. The van der Waals surface area contributed by atoms with E-state index < -0.39 is 11.9 Å². The molecule has 0 fully saturated rings. The van der Waals surface area contributed by atoms with Gasteiger partial charge in [0.2, 0.25) is 0 Å². The molecule has 7 heteroatoms. The second-order valence-electron chi connectivity index (χ2n) is 5.48. The molecule has 0 aromatic heterocycles. The summed E-state index contributed by atoms with van der Waals surface area (Å²) in [5.41, 5.74) is 1.45. The molecule has 140 valence electrons. The maximum Gasteiger partial charge on any atom is 0.330 e. The Labute approximate surface area is 153 Å². The fourth-order valence-corrected chi connectivity index (χ4v) is 2.03. The second kappa shape index (κ2) is 10.7. The number of rotatable bonds is 10. The lowest BCUT2D eigenvalue weighted by Crippen LogP contribution is -2.37. The summed E-state index contributed by atoms with van der Waals surface area (Å²) < 4.78 is 9.85. The molecule has 0 radical (unpaired) electrons. The Morgan fingerprint density at radius 3 is 1.77 bits per heavy atom. The Hall–Kier alpha value is -3.09. The second-order valence-corrected chi connectivity index (χ2v) is 5.48. The van der Waals surface area contributed by atoms with Crippen molar-refractivity contribution < 1.29 is 23.9 Å². The van der Waals surface area contributed by atoms with Crippen LogP contribution in [-0.2, 0) is 19.1 Å². The summed E-state index contributed by atoms with van der Waals surface area (Å²) in [5.74, 6) is -1.38. The number of hydrogen-bond acceptors (Lipinski definition) is 6. The average molecular weight is 360 g/mol. The van der Waals surface area contributed by atoms with Gasteiger partial charge in [-0.2, -0.15) is 0 Å². The SMILES string of the molecule is C=CC(=O)OCCN(CCOC(=O)C=C)C(=O)c1ccc(N(C)C)cc1. The highest BCUT2D eigenvalue weighted by molar-refractivity contribution is 5.94. The van der Waals surface area contributed by atoms with E-state index in [0.717, 1.165) is 17.8 Å². The van der Waals surface area contributed by atoms with E-state index in [2.05, 4.69) is 13.2 Å². The normalized spacial score (nSPS) is 9.77. The summed E-state index contributed by atoms with van der Waals surface area (Å²) in [4.78, 5) is 38.4. The van der Waals surface area contributed by atoms with Crippen molar-refractivity contribution in [3.8, 4) is 0 Å². The van der Waals surface area contributed by atoms with Crippen LogP contribution in [0.15, 0.2) is 49.6 Å². The van der Waals surface area contributed by atoms with Gasteiger partial charge in [0.05, 0.1) is 13.1 Å². The van der Waals surface area contributed by atoms with Gasteiger partial charge in [-0.15, -0.1) is 0 Å². The predicted octanol–water partition coefficient (Wildman–Crippen LogP) is 1.65. The van der Waals surface area contributed by atoms with E-state index in [1.165, 1.54) is 4.90 Å². The van der Waals surface area contributed by atoms with Crippen LogP contribution >= 0.6 is 0 Å². The lowest BCUT2D eigenvalue weighted by molar-refractivity contribution is -0.138. The molecule has 0 aliphatic carbocycles. The van der Waals surface area contributed by atoms with Crippen LogP contribution in [-0.4, -0.2) is 63.1 Å². The molecule has 1 aromatic rings. The van der Waals surface area contributed by atoms with Crippen LogP contribution in [0.3, 0.4) is 0 Å². The van der Waals surface area contributed by atoms with Gasteiger partial charge in [-0.3, -0.25) is 4.79 Å². The first-order valence-corrected chi connectivity index (χ1v) is 8.04. The number of anilines is 1. The highest BCUT2D eigenvalue weighted by Gasteiger charge is 2.17. The fourth-order valence-electron chi connectivity index (χ4n) is 2.03. The molecule has 0 atom stereocenters. The topological polar surface area (TPSA) is 76.1 Å². The molecule has 1 rings (SSSR count). The largest absolute Gasteiger partial charge is 0.461 e. The standard InChI is InChI=1S/C19H24N2O5/c1-5-17(22)25-13-11-21(12-14-26-18(23)6-2)19(24)15-7-9-16(10-8-15)20(3)4/h5-10H,1-2,11-14H2,3-4H3. The van der Waals surface area contributed by atoms with E-state index in [9.17, 15) is 14.4 Å². The van der Waals surface area contributed by atoms with Crippen molar-refractivity contribution in [3.05, 3.63) is 55.1 Å². The van der Waals surface area contributed by atoms with Gasteiger partial charge in [-0.1, -0.05) is 13.2 Å². The number of amides is 1. The number of benzene rings is 1. The lowest BCUT2D eigenvalue weighted by atomic mass is 10.1. The van der Waals surface area contributed by atoms with Crippen molar-refractivity contribution in [2.75, 3.05) is 45.3 Å². The van der Waals surface area contributed by atoms with Gasteiger partial charge in [-0.25, -0.2) is 9.59 Å². The minimum atomic E-state index is -0.564. The van der Waals surface area contributed by atoms with E-state index in [0.29, 0.717) is 5.56 Å². The van der Waals surface area contributed by atoms with Crippen molar-refractivity contribution in [2.24, 2.45) is 0 Å². The van der Waals surface area contributed by atoms with E-state index in [1.807, 2.05) is 31.1 Å². The fraction of sp³-hybridized carbons (Fsp3) is 0.316. The third-order valence-corrected chi connectivity index (χ3v) is 3.46. The van der Waals surface area contributed by atoms with Crippen molar-refractivity contribution in [1.82, 2.24) is 4.90 Å². The van der Waals surface area contributed by atoms with Crippen molar-refractivity contribution in [3.63, 3.8) is 0 Å². The third-order valence-electron chi connectivity index (χ3n) is 3.46. The van der Waals surface area contributed by atoms with Crippen LogP contribution in [0.2, 0.25) is 0 Å². The molecule has 0 unspecified atom stereocenters. The lowest BCUT2D eigenvalue weighted by Gasteiger charge is -2.22. The number of esters is 2.